The highest BCUT2D eigenvalue weighted by molar-refractivity contribution is 6.10. The largest absolute Gasteiger partial charge is 0.497 e. The van der Waals surface area contributed by atoms with Crippen molar-refractivity contribution in [2.45, 2.75) is 40.2 Å². The van der Waals surface area contributed by atoms with Gasteiger partial charge in [0.15, 0.2) is 0 Å². The molecule has 0 bridgehead atoms. The second-order valence-electron chi connectivity index (χ2n) is 6.85. The molecule has 0 aliphatic carbocycles. The summed E-state index contributed by atoms with van der Waals surface area (Å²) in [5.41, 5.74) is -1.15. The molecule has 0 unspecified atom stereocenters. The fourth-order valence-electron chi connectivity index (χ4n) is 1.78. The Morgan fingerprint density at radius 3 is 2.04 bits per heavy atom. The van der Waals surface area contributed by atoms with Crippen LogP contribution in [0.1, 0.15) is 34.6 Å². The monoisotopic (exact) mass is 322 g/mol. The predicted octanol–water partition coefficient (Wildman–Crippen LogP) is 2.58. The van der Waals surface area contributed by atoms with Crippen molar-refractivity contribution >= 4 is 17.5 Å². The molecule has 1 aromatic carbocycles. The summed E-state index contributed by atoms with van der Waals surface area (Å²) < 4.78 is 10.4. The standard InChI is InChI=1S/C17H26N2O4/c1-16(2,3)19-15(21)17(4,5)14(20)18-12-9-8-11(22-6)10-13(12)23-7/h8-10H,1-7H3,(H,18,20)(H,19,21). The van der Waals surface area contributed by atoms with Crippen LogP contribution in [0.25, 0.3) is 0 Å². The lowest BCUT2D eigenvalue weighted by Crippen LogP contribution is -2.51. The molecule has 0 aliphatic rings. The van der Waals surface area contributed by atoms with Crippen LogP contribution in [0.2, 0.25) is 0 Å². The highest BCUT2D eigenvalue weighted by Crippen LogP contribution is 2.30. The summed E-state index contributed by atoms with van der Waals surface area (Å²) in [6.45, 7) is 8.76. The molecule has 6 nitrogen and oxygen atoms in total. The number of benzene rings is 1. The van der Waals surface area contributed by atoms with Crippen molar-refractivity contribution in [3.05, 3.63) is 18.2 Å². The summed E-state index contributed by atoms with van der Waals surface area (Å²) in [6.07, 6.45) is 0. The van der Waals surface area contributed by atoms with Crippen molar-refractivity contribution in [2.75, 3.05) is 19.5 Å². The van der Waals surface area contributed by atoms with Crippen LogP contribution in [0.5, 0.6) is 11.5 Å². The average Bonchev–Trinajstić information content (AvgIpc) is 2.45. The van der Waals surface area contributed by atoms with Crippen LogP contribution in [0.3, 0.4) is 0 Å². The number of hydrogen-bond acceptors (Lipinski definition) is 4. The maximum atomic E-state index is 12.5. The summed E-state index contributed by atoms with van der Waals surface area (Å²) in [5.74, 6) is 0.326. The number of rotatable bonds is 5. The van der Waals surface area contributed by atoms with Crippen molar-refractivity contribution in [3.63, 3.8) is 0 Å². The second-order valence-corrected chi connectivity index (χ2v) is 6.85. The Bertz CT molecular complexity index is 589. The van der Waals surface area contributed by atoms with E-state index in [1.807, 2.05) is 20.8 Å². The minimum atomic E-state index is -1.22. The number of nitrogens with one attached hydrogen (secondary N) is 2. The fraction of sp³-hybridized carbons (Fsp3) is 0.529. The molecular formula is C17H26N2O4. The van der Waals surface area contributed by atoms with E-state index < -0.39 is 16.9 Å². The molecule has 2 amide bonds. The molecule has 0 radical (unpaired) electrons. The minimum absolute atomic E-state index is 0.338. The number of amides is 2. The van der Waals surface area contributed by atoms with Gasteiger partial charge in [-0.05, 0) is 46.8 Å². The summed E-state index contributed by atoms with van der Waals surface area (Å²) >= 11 is 0. The zero-order chi connectivity index (χ0) is 17.8. The molecule has 2 N–H and O–H groups in total. The average molecular weight is 322 g/mol. The Kier molecular flexibility index (Phi) is 5.64. The van der Waals surface area contributed by atoms with Gasteiger partial charge in [0.25, 0.3) is 0 Å². The highest BCUT2D eigenvalue weighted by atomic mass is 16.5. The van der Waals surface area contributed by atoms with Gasteiger partial charge in [-0.25, -0.2) is 0 Å². The fourth-order valence-corrected chi connectivity index (χ4v) is 1.78. The van der Waals surface area contributed by atoms with E-state index in [2.05, 4.69) is 10.6 Å². The van der Waals surface area contributed by atoms with Gasteiger partial charge in [-0.3, -0.25) is 9.59 Å². The van der Waals surface area contributed by atoms with Crippen LogP contribution in [0.15, 0.2) is 18.2 Å². The Balaban J connectivity index is 2.96. The zero-order valence-electron chi connectivity index (χ0n) is 14.9. The molecular weight excluding hydrogens is 296 g/mol. The van der Waals surface area contributed by atoms with Crippen LogP contribution in [0, 0.1) is 5.41 Å². The van der Waals surface area contributed by atoms with E-state index in [1.54, 1.807) is 39.2 Å². The first-order valence-electron chi connectivity index (χ1n) is 7.37. The molecule has 0 aliphatic heterocycles. The topological polar surface area (TPSA) is 76.7 Å². The van der Waals surface area contributed by atoms with Gasteiger partial charge in [-0.15, -0.1) is 0 Å². The third-order valence-corrected chi connectivity index (χ3v) is 3.28. The number of carbonyl (C=O) groups excluding carboxylic acids is 2. The first-order valence-corrected chi connectivity index (χ1v) is 7.37. The lowest BCUT2D eigenvalue weighted by Gasteiger charge is -2.28. The highest BCUT2D eigenvalue weighted by Gasteiger charge is 2.38. The summed E-state index contributed by atoms with van der Waals surface area (Å²) in [4.78, 5) is 24.9. The second kappa shape index (κ2) is 6.89. The molecule has 0 atom stereocenters. The van der Waals surface area contributed by atoms with E-state index in [-0.39, 0.29) is 5.91 Å². The van der Waals surface area contributed by atoms with Crippen LogP contribution in [0.4, 0.5) is 5.69 Å². The van der Waals surface area contributed by atoms with Gasteiger partial charge in [0.2, 0.25) is 11.8 Å². The molecule has 6 heteroatoms. The lowest BCUT2D eigenvalue weighted by molar-refractivity contribution is -0.139. The molecule has 0 saturated heterocycles. The Morgan fingerprint density at radius 2 is 1.57 bits per heavy atom. The normalized spacial score (nSPS) is 11.6. The number of carbonyl (C=O) groups is 2. The molecule has 0 fully saturated rings. The smallest absolute Gasteiger partial charge is 0.239 e. The van der Waals surface area contributed by atoms with Gasteiger partial charge in [0, 0.05) is 11.6 Å². The Hall–Kier alpha value is -2.24. The summed E-state index contributed by atoms with van der Waals surface area (Å²) in [7, 11) is 3.05. The van der Waals surface area contributed by atoms with E-state index in [1.165, 1.54) is 7.11 Å². The lowest BCUT2D eigenvalue weighted by atomic mass is 9.89. The van der Waals surface area contributed by atoms with Crippen LogP contribution in [-0.4, -0.2) is 31.6 Å². The number of anilines is 1. The Labute approximate surface area is 137 Å². The van der Waals surface area contributed by atoms with Gasteiger partial charge < -0.3 is 20.1 Å². The van der Waals surface area contributed by atoms with Gasteiger partial charge >= 0.3 is 0 Å². The zero-order valence-corrected chi connectivity index (χ0v) is 14.9. The van der Waals surface area contributed by atoms with E-state index in [4.69, 9.17) is 9.47 Å². The molecule has 0 saturated carbocycles. The third-order valence-electron chi connectivity index (χ3n) is 3.28. The molecule has 0 spiro atoms. The van der Waals surface area contributed by atoms with Crippen LogP contribution in [-0.2, 0) is 9.59 Å². The quantitative estimate of drug-likeness (QED) is 0.817. The van der Waals surface area contributed by atoms with E-state index >= 15 is 0 Å². The minimum Gasteiger partial charge on any atom is -0.497 e. The molecule has 1 rings (SSSR count). The van der Waals surface area contributed by atoms with Crippen molar-refractivity contribution in [2.24, 2.45) is 5.41 Å². The van der Waals surface area contributed by atoms with Crippen molar-refractivity contribution in [3.8, 4) is 11.5 Å². The van der Waals surface area contributed by atoms with E-state index in [0.29, 0.717) is 17.2 Å². The van der Waals surface area contributed by atoms with Gasteiger partial charge in [0.05, 0.1) is 19.9 Å². The molecule has 0 heterocycles. The first kappa shape index (κ1) is 18.8. The third kappa shape index (κ3) is 4.87. The van der Waals surface area contributed by atoms with Crippen molar-refractivity contribution in [1.29, 1.82) is 0 Å². The van der Waals surface area contributed by atoms with E-state index in [0.717, 1.165) is 0 Å². The maximum Gasteiger partial charge on any atom is 0.239 e. The molecule has 23 heavy (non-hydrogen) atoms. The number of methoxy groups -OCH3 is 2. The van der Waals surface area contributed by atoms with Gasteiger partial charge in [-0.2, -0.15) is 0 Å². The van der Waals surface area contributed by atoms with Crippen molar-refractivity contribution in [1.82, 2.24) is 5.32 Å². The summed E-state index contributed by atoms with van der Waals surface area (Å²) in [6, 6.07) is 5.05. The maximum absolute atomic E-state index is 12.5. The van der Waals surface area contributed by atoms with Gasteiger partial charge in [0.1, 0.15) is 16.9 Å². The molecule has 1 aromatic rings. The summed E-state index contributed by atoms with van der Waals surface area (Å²) in [5, 5.41) is 5.56. The molecule has 128 valence electrons. The van der Waals surface area contributed by atoms with E-state index in [9.17, 15) is 9.59 Å². The number of ether oxygens (including phenoxy) is 2. The number of hydrogen-bond donors (Lipinski definition) is 2. The molecule has 0 aromatic heterocycles. The van der Waals surface area contributed by atoms with Crippen molar-refractivity contribution < 1.29 is 19.1 Å². The SMILES string of the molecule is COc1ccc(NC(=O)C(C)(C)C(=O)NC(C)(C)C)c(OC)c1. The van der Waals surface area contributed by atoms with Crippen LogP contribution < -0.4 is 20.1 Å². The van der Waals surface area contributed by atoms with Crippen LogP contribution >= 0.6 is 0 Å². The Morgan fingerprint density at radius 1 is 0.957 bits per heavy atom. The predicted molar refractivity (Wildman–Crippen MR) is 89.9 cm³/mol. The van der Waals surface area contributed by atoms with Gasteiger partial charge in [-0.1, -0.05) is 0 Å². The first-order chi connectivity index (χ1) is 10.5.